The molecular formula is C32H41F7N2O5. The smallest absolute Gasteiger partial charge is 0.460 e. The van der Waals surface area contributed by atoms with Gasteiger partial charge >= 0.3 is 23.9 Å². The van der Waals surface area contributed by atoms with Crippen LogP contribution in [-0.2, 0) is 20.4 Å². The number of carbonyl (C=O) groups is 2. The maximum atomic E-state index is 13.7. The highest BCUT2D eigenvalue weighted by Gasteiger charge is 2.76. The maximum Gasteiger partial charge on any atom is 0.460 e. The van der Waals surface area contributed by atoms with E-state index in [0.717, 1.165) is 29.8 Å². The molecule has 2 aromatic rings. The van der Waals surface area contributed by atoms with Crippen LogP contribution in [-0.4, -0.2) is 46.3 Å². The monoisotopic (exact) mass is 666 g/mol. The third-order valence-electron chi connectivity index (χ3n) is 8.33. The summed E-state index contributed by atoms with van der Waals surface area (Å²) in [7, 11) is 0. The Hall–Kier alpha value is -3.55. The number of hydrogen-bond donors (Lipinski definition) is 3. The predicted molar refractivity (Wildman–Crippen MR) is 159 cm³/mol. The first kappa shape index (κ1) is 38.6. The summed E-state index contributed by atoms with van der Waals surface area (Å²) in [5.74, 6) is -17.2. The zero-order valence-electron chi connectivity index (χ0n) is 26.8. The topological polar surface area (TPSA) is 99.1 Å². The van der Waals surface area contributed by atoms with Gasteiger partial charge in [0.05, 0.1) is 17.5 Å². The van der Waals surface area contributed by atoms with Gasteiger partial charge in [-0.3, -0.25) is 14.8 Å². The van der Waals surface area contributed by atoms with Crippen molar-refractivity contribution in [3.8, 4) is 11.5 Å². The molecule has 0 radical (unpaired) electrons. The Morgan fingerprint density at radius 2 is 1.50 bits per heavy atom. The van der Waals surface area contributed by atoms with Crippen LogP contribution in [0.4, 0.5) is 42.1 Å². The summed E-state index contributed by atoms with van der Waals surface area (Å²) >= 11 is 0. The number of amides is 2. The van der Waals surface area contributed by atoms with Crippen LogP contribution >= 0.6 is 0 Å². The van der Waals surface area contributed by atoms with Gasteiger partial charge < -0.3 is 15.2 Å². The van der Waals surface area contributed by atoms with E-state index in [2.05, 4.69) is 47.6 Å². The Morgan fingerprint density at radius 1 is 0.913 bits per heavy atom. The molecule has 0 bridgehead atoms. The van der Waals surface area contributed by atoms with Crippen LogP contribution in [0, 0.1) is 0 Å². The van der Waals surface area contributed by atoms with E-state index in [1.54, 1.807) is 0 Å². The standard InChI is InChI=1S/C32H41F7N2O5/c1-8-28(4,5)20-13-16-25(22(17-20)29(6,7)9-2)46-19(3)11-10-12-26(43)41(45)21-14-15-24(42)23(18-21)40-27(44)30(33,34)31(35,36)32(37,38)39/h13-19,42,45H,8-12H2,1-7H3,(H,40,44). The first-order valence-corrected chi connectivity index (χ1v) is 14.7. The van der Waals surface area contributed by atoms with Crippen LogP contribution in [0.25, 0.3) is 0 Å². The molecule has 0 spiro atoms. The molecule has 7 nitrogen and oxygen atoms in total. The summed E-state index contributed by atoms with van der Waals surface area (Å²) in [6.45, 7) is 14.6. The van der Waals surface area contributed by atoms with Gasteiger partial charge in [-0.25, -0.2) is 0 Å². The number of hydroxylamine groups is 1. The van der Waals surface area contributed by atoms with E-state index in [1.807, 2.05) is 19.1 Å². The van der Waals surface area contributed by atoms with Crippen molar-refractivity contribution in [3.05, 3.63) is 47.5 Å². The minimum absolute atomic E-state index is 0.0318. The Labute approximate surface area is 263 Å². The highest BCUT2D eigenvalue weighted by molar-refractivity contribution is 5.99. The molecule has 258 valence electrons. The van der Waals surface area contributed by atoms with Gasteiger partial charge in [0, 0.05) is 12.0 Å². The summed E-state index contributed by atoms with van der Waals surface area (Å²) in [6, 6.07) is 8.33. The second-order valence-corrected chi connectivity index (χ2v) is 12.5. The Morgan fingerprint density at radius 3 is 2.04 bits per heavy atom. The number of aromatic hydroxyl groups is 1. The van der Waals surface area contributed by atoms with Gasteiger partial charge in [-0.05, 0) is 73.3 Å². The predicted octanol–water partition coefficient (Wildman–Crippen LogP) is 8.90. The van der Waals surface area contributed by atoms with Gasteiger partial charge in [-0.2, -0.15) is 35.8 Å². The number of benzene rings is 2. The molecule has 2 amide bonds. The number of alkyl halides is 7. The fourth-order valence-electron chi connectivity index (χ4n) is 4.32. The van der Waals surface area contributed by atoms with Crippen LogP contribution in [0.5, 0.6) is 11.5 Å². The number of phenols is 1. The third kappa shape index (κ3) is 8.42. The van der Waals surface area contributed by atoms with Crippen molar-refractivity contribution in [2.24, 2.45) is 0 Å². The molecule has 1 unspecified atom stereocenters. The highest BCUT2D eigenvalue weighted by atomic mass is 19.4. The highest BCUT2D eigenvalue weighted by Crippen LogP contribution is 2.47. The number of rotatable bonds is 14. The molecule has 46 heavy (non-hydrogen) atoms. The number of carbonyl (C=O) groups excluding carboxylic acids is 2. The van der Waals surface area contributed by atoms with Gasteiger partial charge in [0.1, 0.15) is 11.5 Å². The SMILES string of the molecule is CCC(C)(C)c1ccc(OC(C)CCCC(=O)N(O)c2ccc(O)c(NC(=O)C(F)(F)C(F)(F)C(F)(F)F)c2)c(C(C)(C)CC)c1. The molecule has 0 heterocycles. The van der Waals surface area contributed by atoms with E-state index in [0.29, 0.717) is 24.3 Å². The van der Waals surface area contributed by atoms with Crippen molar-refractivity contribution < 1.29 is 55.4 Å². The molecule has 2 aromatic carbocycles. The molecule has 3 N–H and O–H groups in total. The second-order valence-electron chi connectivity index (χ2n) is 12.5. The number of halogens is 7. The Kier molecular flexibility index (Phi) is 11.8. The Bertz CT molecular complexity index is 1390. The lowest BCUT2D eigenvalue weighted by atomic mass is 9.76. The average molecular weight is 667 g/mol. The van der Waals surface area contributed by atoms with Gasteiger partial charge in [0.25, 0.3) is 5.91 Å². The quantitative estimate of drug-likeness (QED) is 0.0810. The number of nitrogens with one attached hydrogen (secondary N) is 1. The first-order valence-electron chi connectivity index (χ1n) is 14.7. The summed E-state index contributed by atoms with van der Waals surface area (Å²) in [4.78, 5) is 24.3. The van der Waals surface area contributed by atoms with Crippen molar-refractivity contribution in [2.45, 2.75) is 116 Å². The zero-order chi connectivity index (χ0) is 35.5. The van der Waals surface area contributed by atoms with Crippen LogP contribution in [0.15, 0.2) is 36.4 Å². The molecule has 0 aromatic heterocycles. The molecule has 0 aliphatic rings. The van der Waals surface area contributed by atoms with Crippen LogP contribution in [0.2, 0.25) is 0 Å². The second kappa shape index (κ2) is 14.1. The molecule has 0 fully saturated rings. The first-order chi connectivity index (χ1) is 20.9. The van der Waals surface area contributed by atoms with Crippen LogP contribution < -0.4 is 15.1 Å². The lowest BCUT2D eigenvalue weighted by Gasteiger charge is -2.31. The van der Waals surface area contributed by atoms with E-state index >= 15 is 0 Å². The molecule has 1 atom stereocenters. The van der Waals surface area contributed by atoms with Crippen molar-refractivity contribution in [1.29, 1.82) is 0 Å². The molecular weight excluding hydrogens is 625 g/mol. The lowest BCUT2D eigenvalue weighted by Crippen LogP contribution is -2.57. The maximum absolute atomic E-state index is 13.7. The fourth-order valence-corrected chi connectivity index (χ4v) is 4.32. The van der Waals surface area contributed by atoms with Gasteiger partial charge in [-0.15, -0.1) is 0 Å². The lowest BCUT2D eigenvalue weighted by molar-refractivity contribution is -0.343. The number of hydrogen-bond acceptors (Lipinski definition) is 5. The van der Waals surface area contributed by atoms with Crippen molar-refractivity contribution in [2.75, 3.05) is 10.4 Å². The number of ether oxygens (including phenoxy) is 1. The number of phenolic OH excluding ortho intramolecular Hbond substituents is 1. The summed E-state index contributed by atoms with van der Waals surface area (Å²) in [6.07, 6.45) is -4.91. The normalized spacial score (nSPS) is 13.7. The van der Waals surface area contributed by atoms with E-state index < -0.39 is 47.0 Å². The molecule has 0 aliphatic heterocycles. The van der Waals surface area contributed by atoms with Gasteiger partial charge in [0.2, 0.25) is 0 Å². The van der Waals surface area contributed by atoms with E-state index in [-0.39, 0.29) is 34.8 Å². The van der Waals surface area contributed by atoms with Crippen molar-refractivity contribution in [3.63, 3.8) is 0 Å². The number of anilines is 2. The molecule has 2 rings (SSSR count). The Balaban J connectivity index is 2.10. The molecule has 0 aliphatic carbocycles. The fraction of sp³-hybridized carbons (Fsp3) is 0.562. The molecule has 0 saturated carbocycles. The minimum atomic E-state index is -6.75. The minimum Gasteiger partial charge on any atom is -0.506 e. The zero-order valence-corrected chi connectivity index (χ0v) is 26.8. The van der Waals surface area contributed by atoms with Gasteiger partial charge in [0.15, 0.2) is 0 Å². The molecule has 14 heteroatoms. The van der Waals surface area contributed by atoms with E-state index in [4.69, 9.17) is 4.74 Å². The van der Waals surface area contributed by atoms with Crippen molar-refractivity contribution >= 4 is 23.2 Å². The van der Waals surface area contributed by atoms with E-state index in [9.17, 15) is 50.6 Å². The average Bonchev–Trinajstić information content (AvgIpc) is 2.96. The number of nitrogens with zero attached hydrogens (tertiary/aromatic N) is 1. The van der Waals surface area contributed by atoms with Crippen LogP contribution in [0.3, 0.4) is 0 Å². The summed E-state index contributed by atoms with van der Waals surface area (Å²) < 4.78 is 97.5. The largest absolute Gasteiger partial charge is 0.506 e. The van der Waals surface area contributed by atoms with Crippen LogP contribution in [0.1, 0.15) is 91.7 Å². The summed E-state index contributed by atoms with van der Waals surface area (Å²) in [5, 5.41) is 21.3. The van der Waals surface area contributed by atoms with Crippen molar-refractivity contribution in [1.82, 2.24) is 0 Å². The summed E-state index contributed by atoms with van der Waals surface area (Å²) in [5.41, 5.74) is 0.483. The molecule has 0 saturated heterocycles. The van der Waals surface area contributed by atoms with E-state index in [1.165, 1.54) is 5.56 Å². The van der Waals surface area contributed by atoms with Gasteiger partial charge in [-0.1, -0.05) is 53.7 Å². The third-order valence-corrected chi connectivity index (χ3v) is 8.33.